The Morgan fingerprint density at radius 2 is 1.79 bits per heavy atom. The number of hydrogen-bond donors (Lipinski definition) is 0. The van der Waals surface area contributed by atoms with E-state index in [1.807, 2.05) is 12.2 Å². The van der Waals surface area contributed by atoms with Crippen molar-refractivity contribution >= 4 is 39.6 Å². The predicted octanol–water partition coefficient (Wildman–Crippen LogP) is 4.22. The van der Waals surface area contributed by atoms with E-state index >= 15 is 0 Å². The van der Waals surface area contributed by atoms with Crippen molar-refractivity contribution in [2.75, 3.05) is 0 Å². The molecule has 2 fully saturated rings. The minimum atomic E-state index is -0.595. The average Bonchev–Trinajstić information content (AvgIpc) is 3.46. The maximum absolute atomic E-state index is 13.1. The largest absolute Gasteiger partial charge is 0.481 e. The summed E-state index contributed by atoms with van der Waals surface area (Å²) >= 11 is 3.29. The highest BCUT2D eigenvalue weighted by molar-refractivity contribution is 9.10. The zero-order valence-corrected chi connectivity index (χ0v) is 18.6. The number of amides is 2. The first-order valence-corrected chi connectivity index (χ1v) is 11.1. The molecule has 0 radical (unpaired) electrons. The fourth-order valence-corrected chi connectivity index (χ4v) is 5.40. The van der Waals surface area contributed by atoms with Gasteiger partial charge in [-0.3, -0.25) is 19.7 Å². The van der Waals surface area contributed by atoms with E-state index < -0.39 is 10.7 Å². The standard InChI is InChI=1S/C23H17BrFN3O5/c24-17-7-13(8-18(28(31)32)21(17)33-11-12-1-5-16(25)6-2-12)10-26-27-22(29)19-14-3-4-15(9-14)20(19)23(27)30/h1-8,10,14-15,19-20H,9,11H2/t14-,15-,19-,20+/m0/s1. The van der Waals surface area contributed by atoms with E-state index in [0.29, 0.717) is 15.6 Å². The molecule has 4 atom stereocenters. The number of allylic oxidation sites excluding steroid dienone is 2. The highest BCUT2D eigenvalue weighted by Gasteiger charge is 2.59. The van der Waals surface area contributed by atoms with Crippen LogP contribution in [0.2, 0.25) is 0 Å². The van der Waals surface area contributed by atoms with Gasteiger partial charge in [-0.2, -0.15) is 10.1 Å². The van der Waals surface area contributed by atoms with Crippen molar-refractivity contribution in [3.8, 4) is 5.75 Å². The van der Waals surface area contributed by atoms with Crippen molar-refractivity contribution in [1.82, 2.24) is 5.01 Å². The Labute approximate surface area is 196 Å². The quantitative estimate of drug-likeness (QED) is 0.189. The Morgan fingerprint density at radius 3 is 2.39 bits per heavy atom. The zero-order valence-electron chi connectivity index (χ0n) is 17.1. The number of nitrogens with zero attached hydrogens (tertiary/aromatic N) is 3. The maximum atomic E-state index is 13.1. The second-order valence-electron chi connectivity index (χ2n) is 8.26. The fourth-order valence-electron chi connectivity index (χ4n) is 4.81. The molecule has 1 saturated carbocycles. The molecule has 2 aromatic rings. The average molecular weight is 514 g/mol. The van der Waals surface area contributed by atoms with Crippen LogP contribution in [0.3, 0.4) is 0 Å². The molecule has 33 heavy (non-hydrogen) atoms. The van der Waals surface area contributed by atoms with Gasteiger partial charge in [-0.05, 0) is 57.9 Å². The Bertz CT molecular complexity index is 1200. The molecule has 2 aliphatic carbocycles. The number of benzene rings is 2. The second kappa shape index (κ2) is 8.18. The lowest BCUT2D eigenvalue weighted by atomic mass is 9.85. The number of halogens is 2. The normalized spacial score (nSPS) is 25.3. The van der Waals surface area contributed by atoms with Crippen LogP contribution in [0.5, 0.6) is 5.75 Å². The van der Waals surface area contributed by atoms with Gasteiger partial charge in [-0.1, -0.05) is 24.3 Å². The van der Waals surface area contributed by atoms with Crippen LogP contribution < -0.4 is 4.74 Å². The van der Waals surface area contributed by atoms with Gasteiger partial charge in [-0.25, -0.2) is 4.39 Å². The number of rotatable bonds is 6. The van der Waals surface area contributed by atoms with Crippen LogP contribution in [-0.4, -0.2) is 28.0 Å². The smallest absolute Gasteiger partial charge is 0.312 e. The molecule has 0 spiro atoms. The Morgan fingerprint density at radius 1 is 1.15 bits per heavy atom. The number of nitro groups is 1. The van der Waals surface area contributed by atoms with Gasteiger partial charge in [0.25, 0.3) is 11.8 Å². The van der Waals surface area contributed by atoms with Crippen LogP contribution in [0.15, 0.2) is 58.1 Å². The molecule has 1 aliphatic heterocycles. The van der Waals surface area contributed by atoms with E-state index in [0.717, 1.165) is 11.4 Å². The van der Waals surface area contributed by atoms with E-state index in [2.05, 4.69) is 21.0 Å². The molecule has 0 N–H and O–H groups in total. The molecular weight excluding hydrogens is 497 g/mol. The van der Waals surface area contributed by atoms with Gasteiger partial charge in [0.15, 0.2) is 0 Å². The van der Waals surface area contributed by atoms with Crippen LogP contribution in [0.1, 0.15) is 17.5 Å². The molecule has 168 valence electrons. The first-order chi connectivity index (χ1) is 15.8. The summed E-state index contributed by atoms with van der Waals surface area (Å²) in [5.41, 5.74) is 0.649. The van der Waals surface area contributed by atoms with Crippen LogP contribution >= 0.6 is 15.9 Å². The molecule has 2 aromatic carbocycles. The second-order valence-corrected chi connectivity index (χ2v) is 9.11. The monoisotopic (exact) mass is 513 g/mol. The van der Waals surface area contributed by atoms with Gasteiger partial charge in [0, 0.05) is 11.6 Å². The van der Waals surface area contributed by atoms with Crippen molar-refractivity contribution in [2.24, 2.45) is 28.8 Å². The third-order valence-electron chi connectivity index (χ3n) is 6.31. The molecule has 2 bridgehead atoms. The summed E-state index contributed by atoms with van der Waals surface area (Å²) in [5, 5.41) is 16.6. The summed E-state index contributed by atoms with van der Waals surface area (Å²) in [6.45, 7) is 0.00306. The SMILES string of the molecule is O=C1[C@@H]2[C@H](C(=O)N1N=Cc1cc(Br)c(OCc3ccc(F)cc3)c([N+](=O)[O-])c1)[C@H]1C=C[C@H]2C1. The summed E-state index contributed by atoms with van der Waals surface area (Å²) in [5.74, 6) is -1.63. The number of imide groups is 1. The molecule has 5 rings (SSSR count). The van der Waals surface area contributed by atoms with Crippen LogP contribution in [0.25, 0.3) is 0 Å². The van der Waals surface area contributed by atoms with Gasteiger partial charge in [0.2, 0.25) is 5.75 Å². The lowest BCUT2D eigenvalue weighted by Gasteiger charge is -2.13. The van der Waals surface area contributed by atoms with E-state index in [-0.39, 0.29) is 53.5 Å². The number of fused-ring (bicyclic) bond motifs is 5. The van der Waals surface area contributed by atoms with Gasteiger partial charge in [0.05, 0.1) is 27.4 Å². The predicted molar refractivity (Wildman–Crippen MR) is 119 cm³/mol. The minimum absolute atomic E-state index is 0.00306. The number of ether oxygens (including phenoxy) is 1. The molecule has 0 unspecified atom stereocenters. The zero-order chi connectivity index (χ0) is 23.3. The number of carbonyl (C=O) groups is 2. The van der Waals surface area contributed by atoms with Gasteiger partial charge in [0.1, 0.15) is 12.4 Å². The van der Waals surface area contributed by atoms with Gasteiger partial charge in [-0.15, -0.1) is 0 Å². The third-order valence-corrected chi connectivity index (χ3v) is 6.90. The van der Waals surface area contributed by atoms with E-state index in [9.17, 15) is 24.1 Å². The highest BCUT2D eigenvalue weighted by Crippen LogP contribution is 2.52. The molecule has 1 saturated heterocycles. The van der Waals surface area contributed by atoms with Crippen LogP contribution in [0, 0.1) is 39.6 Å². The summed E-state index contributed by atoms with van der Waals surface area (Å²) in [6.07, 6.45) is 6.07. The molecule has 8 nitrogen and oxygen atoms in total. The summed E-state index contributed by atoms with van der Waals surface area (Å²) in [4.78, 5) is 36.5. The Hall–Kier alpha value is -3.40. The number of nitro benzene ring substituents is 1. The van der Waals surface area contributed by atoms with Crippen molar-refractivity contribution in [1.29, 1.82) is 0 Å². The van der Waals surface area contributed by atoms with Gasteiger partial charge < -0.3 is 4.74 Å². The van der Waals surface area contributed by atoms with Crippen LogP contribution in [-0.2, 0) is 16.2 Å². The van der Waals surface area contributed by atoms with Gasteiger partial charge >= 0.3 is 5.69 Å². The summed E-state index contributed by atoms with van der Waals surface area (Å²) < 4.78 is 19.0. The van der Waals surface area contributed by atoms with E-state index in [1.54, 1.807) is 6.07 Å². The number of carbonyl (C=O) groups excluding carboxylic acids is 2. The van der Waals surface area contributed by atoms with Crippen LogP contribution in [0.4, 0.5) is 10.1 Å². The van der Waals surface area contributed by atoms with Crippen molar-refractivity contribution in [3.05, 3.63) is 80.1 Å². The summed E-state index contributed by atoms with van der Waals surface area (Å²) in [6, 6.07) is 8.41. The first kappa shape index (κ1) is 21.4. The number of hydrazone groups is 1. The molecule has 10 heteroatoms. The third kappa shape index (κ3) is 3.74. The van der Waals surface area contributed by atoms with Crippen molar-refractivity contribution in [3.63, 3.8) is 0 Å². The first-order valence-electron chi connectivity index (χ1n) is 10.3. The topological polar surface area (TPSA) is 102 Å². The van der Waals surface area contributed by atoms with E-state index in [1.165, 1.54) is 36.5 Å². The Kier molecular flexibility index (Phi) is 5.32. The fraction of sp³-hybridized carbons (Fsp3) is 0.261. The minimum Gasteiger partial charge on any atom is -0.481 e. The molecule has 2 amide bonds. The maximum Gasteiger partial charge on any atom is 0.312 e. The molecule has 3 aliphatic rings. The lowest BCUT2D eigenvalue weighted by molar-refractivity contribution is -0.386. The molecule has 0 aromatic heterocycles. The van der Waals surface area contributed by atoms with Crippen molar-refractivity contribution < 1.29 is 23.6 Å². The van der Waals surface area contributed by atoms with E-state index in [4.69, 9.17) is 4.74 Å². The highest BCUT2D eigenvalue weighted by atomic mass is 79.9. The Balaban J connectivity index is 1.36. The summed E-state index contributed by atoms with van der Waals surface area (Å²) in [7, 11) is 0. The molecular formula is C23H17BrFN3O5. The number of hydrogen-bond acceptors (Lipinski definition) is 6. The van der Waals surface area contributed by atoms with Crippen molar-refractivity contribution in [2.45, 2.75) is 13.0 Å². The molecule has 1 heterocycles. The lowest BCUT2D eigenvalue weighted by Crippen LogP contribution is -2.28.